The average Bonchev–Trinajstić information content (AvgIpc) is 3.10. The van der Waals surface area contributed by atoms with Gasteiger partial charge in [-0.05, 0) is 48.6 Å². The number of alkyl halides is 2. The Balaban J connectivity index is 2.17. The van der Waals surface area contributed by atoms with Crippen LogP contribution in [0.4, 0.5) is 8.78 Å². The molecule has 1 fully saturated rings. The molecule has 6 heteroatoms. The van der Waals surface area contributed by atoms with Crippen molar-refractivity contribution < 1.29 is 23.0 Å². The molecule has 0 amide bonds. The van der Waals surface area contributed by atoms with Crippen LogP contribution in [0.15, 0.2) is 18.2 Å². The topological polar surface area (TPSA) is 35.5 Å². The molecule has 18 heavy (non-hydrogen) atoms. The minimum Gasteiger partial charge on any atom is -0.489 e. The first kappa shape index (κ1) is 13.1. The van der Waals surface area contributed by atoms with E-state index >= 15 is 0 Å². The number of carbonyl (C=O) groups is 1. The van der Waals surface area contributed by atoms with Gasteiger partial charge in [0.2, 0.25) is 0 Å². The molecule has 1 aliphatic rings. The zero-order valence-corrected chi connectivity index (χ0v) is 10.1. The number of benzene rings is 1. The van der Waals surface area contributed by atoms with Gasteiger partial charge in [0.05, 0.1) is 6.61 Å². The molecule has 0 bridgehead atoms. The molecule has 1 saturated carbocycles. The summed E-state index contributed by atoms with van der Waals surface area (Å²) >= 11 is 5.32. The highest BCUT2D eigenvalue weighted by atomic mass is 35.5. The fraction of sp³-hybridized carbons (Fsp3) is 0.417. The standard InChI is InChI=1S/C12H11ClF2O3/c13-11(16)8-3-4-9(18-12(14)15)10(5-8)17-6-7-1-2-7/h3-5,7,12H,1-2,6H2. The molecule has 3 nitrogen and oxygen atoms in total. The molecule has 1 aromatic rings. The predicted molar refractivity (Wildman–Crippen MR) is 61.5 cm³/mol. The van der Waals surface area contributed by atoms with Gasteiger partial charge in [-0.15, -0.1) is 0 Å². The Labute approximate surface area is 108 Å². The third-order valence-electron chi connectivity index (χ3n) is 2.56. The molecule has 0 atom stereocenters. The van der Waals surface area contributed by atoms with Crippen molar-refractivity contribution in [2.24, 2.45) is 5.92 Å². The second-order valence-electron chi connectivity index (χ2n) is 4.07. The number of carbonyl (C=O) groups excluding carboxylic acids is 1. The third kappa shape index (κ3) is 3.57. The highest BCUT2D eigenvalue weighted by Crippen LogP contribution is 2.34. The molecule has 0 saturated heterocycles. The van der Waals surface area contributed by atoms with E-state index in [4.69, 9.17) is 16.3 Å². The first-order valence-electron chi connectivity index (χ1n) is 5.47. The van der Waals surface area contributed by atoms with Gasteiger partial charge in [-0.1, -0.05) is 0 Å². The zero-order valence-electron chi connectivity index (χ0n) is 9.37. The van der Waals surface area contributed by atoms with E-state index in [2.05, 4.69) is 4.74 Å². The summed E-state index contributed by atoms with van der Waals surface area (Å²) in [6.07, 6.45) is 2.14. The van der Waals surface area contributed by atoms with Crippen LogP contribution >= 0.6 is 11.6 Å². The largest absolute Gasteiger partial charge is 0.489 e. The van der Waals surface area contributed by atoms with Gasteiger partial charge in [-0.3, -0.25) is 4.79 Å². The minimum atomic E-state index is -2.94. The van der Waals surface area contributed by atoms with Crippen LogP contribution in [0, 0.1) is 5.92 Å². The van der Waals surface area contributed by atoms with E-state index in [1.54, 1.807) is 0 Å². The lowest BCUT2D eigenvalue weighted by atomic mass is 10.2. The Kier molecular flexibility index (Phi) is 4.01. The van der Waals surface area contributed by atoms with Crippen molar-refractivity contribution in [3.8, 4) is 11.5 Å². The van der Waals surface area contributed by atoms with E-state index < -0.39 is 11.9 Å². The predicted octanol–water partition coefficient (Wildman–Crippen LogP) is 3.46. The first-order chi connectivity index (χ1) is 8.56. The maximum absolute atomic E-state index is 12.2. The van der Waals surface area contributed by atoms with Crippen molar-refractivity contribution in [3.05, 3.63) is 23.8 Å². The highest BCUT2D eigenvalue weighted by Gasteiger charge is 2.23. The number of halogens is 3. The smallest absolute Gasteiger partial charge is 0.387 e. The van der Waals surface area contributed by atoms with Crippen molar-refractivity contribution in [1.29, 1.82) is 0 Å². The van der Waals surface area contributed by atoms with Crippen molar-refractivity contribution in [3.63, 3.8) is 0 Å². The van der Waals surface area contributed by atoms with Gasteiger partial charge >= 0.3 is 6.61 Å². The molecule has 0 heterocycles. The second-order valence-corrected chi connectivity index (χ2v) is 4.41. The quantitative estimate of drug-likeness (QED) is 0.747. The molecule has 0 aromatic heterocycles. The van der Waals surface area contributed by atoms with E-state index in [0.717, 1.165) is 12.8 Å². The van der Waals surface area contributed by atoms with Crippen molar-refractivity contribution in [2.75, 3.05) is 6.61 Å². The van der Waals surface area contributed by atoms with Crippen LogP contribution in [0.2, 0.25) is 0 Å². The summed E-state index contributed by atoms with van der Waals surface area (Å²) in [5, 5.41) is -0.671. The summed E-state index contributed by atoms with van der Waals surface area (Å²) < 4.78 is 34.1. The lowest BCUT2D eigenvalue weighted by Gasteiger charge is -2.12. The van der Waals surface area contributed by atoms with Crippen LogP contribution in [-0.4, -0.2) is 18.5 Å². The van der Waals surface area contributed by atoms with Gasteiger partial charge in [-0.25, -0.2) is 0 Å². The molecular formula is C12H11ClF2O3. The Morgan fingerprint density at radius 1 is 1.39 bits per heavy atom. The molecule has 2 rings (SSSR count). The Morgan fingerprint density at radius 3 is 2.67 bits per heavy atom. The van der Waals surface area contributed by atoms with Crippen molar-refractivity contribution >= 4 is 16.8 Å². The van der Waals surface area contributed by atoms with Crippen LogP contribution in [0.3, 0.4) is 0 Å². The summed E-state index contributed by atoms with van der Waals surface area (Å²) in [5.41, 5.74) is 0.184. The number of rotatable bonds is 6. The fourth-order valence-corrected chi connectivity index (χ4v) is 1.55. The van der Waals surface area contributed by atoms with Gasteiger partial charge in [0.1, 0.15) is 0 Å². The zero-order chi connectivity index (χ0) is 13.1. The fourth-order valence-electron chi connectivity index (χ4n) is 1.43. The Hall–Kier alpha value is -1.36. The molecule has 0 radical (unpaired) electrons. The molecule has 98 valence electrons. The van der Waals surface area contributed by atoms with Crippen LogP contribution in [0.5, 0.6) is 11.5 Å². The summed E-state index contributed by atoms with van der Waals surface area (Å²) in [4.78, 5) is 11.0. The van der Waals surface area contributed by atoms with Crippen molar-refractivity contribution in [1.82, 2.24) is 0 Å². The molecule has 1 aliphatic carbocycles. The van der Waals surface area contributed by atoms with E-state index in [1.807, 2.05) is 0 Å². The van der Waals surface area contributed by atoms with Crippen LogP contribution in [0.25, 0.3) is 0 Å². The van der Waals surface area contributed by atoms with E-state index in [1.165, 1.54) is 18.2 Å². The summed E-state index contributed by atoms with van der Waals surface area (Å²) in [5.74, 6) is 0.487. The molecule has 1 aromatic carbocycles. The lowest BCUT2D eigenvalue weighted by Crippen LogP contribution is -2.07. The minimum absolute atomic E-state index is 0.0904. The molecular weight excluding hydrogens is 266 g/mol. The highest BCUT2D eigenvalue weighted by molar-refractivity contribution is 6.67. The lowest BCUT2D eigenvalue weighted by molar-refractivity contribution is -0.0515. The molecule has 0 N–H and O–H groups in total. The van der Waals surface area contributed by atoms with E-state index in [9.17, 15) is 13.6 Å². The van der Waals surface area contributed by atoms with Gasteiger partial charge in [0.25, 0.3) is 5.24 Å². The average molecular weight is 277 g/mol. The van der Waals surface area contributed by atoms with Gasteiger partial charge in [0, 0.05) is 5.56 Å². The van der Waals surface area contributed by atoms with Crippen LogP contribution in [0.1, 0.15) is 23.2 Å². The normalized spacial score (nSPS) is 14.7. The molecule has 0 spiro atoms. The van der Waals surface area contributed by atoms with Gasteiger partial charge < -0.3 is 9.47 Å². The third-order valence-corrected chi connectivity index (χ3v) is 2.78. The Morgan fingerprint density at radius 2 is 2.11 bits per heavy atom. The second kappa shape index (κ2) is 5.52. The summed E-state index contributed by atoms with van der Waals surface area (Å²) in [7, 11) is 0. The monoisotopic (exact) mass is 276 g/mol. The van der Waals surface area contributed by atoms with E-state index in [-0.39, 0.29) is 17.1 Å². The van der Waals surface area contributed by atoms with Gasteiger partial charge in [-0.2, -0.15) is 8.78 Å². The SMILES string of the molecule is O=C(Cl)c1ccc(OC(F)F)c(OCC2CC2)c1. The van der Waals surface area contributed by atoms with Crippen LogP contribution in [-0.2, 0) is 0 Å². The van der Waals surface area contributed by atoms with Crippen molar-refractivity contribution in [2.45, 2.75) is 19.5 Å². The summed E-state index contributed by atoms with van der Waals surface area (Å²) in [6, 6.07) is 3.89. The number of hydrogen-bond acceptors (Lipinski definition) is 3. The number of ether oxygens (including phenoxy) is 2. The summed E-state index contributed by atoms with van der Waals surface area (Å²) in [6.45, 7) is -2.51. The maximum Gasteiger partial charge on any atom is 0.387 e. The van der Waals surface area contributed by atoms with E-state index in [0.29, 0.717) is 12.5 Å². The maximum atomic E-state index is 12.2. The van der Waals surface area contributed by atoms with Crippen LogP contribution < -0.4 is 9.47 Å². The number of hydrogen-bond donors (Lipinski definition) is 0. The first-order valence-corrected chi connectivity index (χ1v) is 5.85. The Bertz CT molecular complexity index is 447. The molecule has 0 unspecified atom stereocenters. The van der Waals surface area contributed by atoms with Gasteiger partial charge in [0.15, 0.2) is 11.5 Å². The molecule has 0 aliphatic heterocycles.